The van der Waals surface area contributed by atoms with E-state index in [4.69, 9.17) is 4.98 Å². The van der Waals surface area contributed by atoms with Gasteiger partial charge >= 0.3 is 0 Å². The predicted molar refractivity (Wildman–Crippen MR) is 223 cm³/mol. The van der Waals surface area contributed by atoms with Crippen LogP contribution >= 0.6 is 0 Å². The van der Waals surface area contributed by atoms with Crippen LogP contribution in [0.2, 0.25) is 0 Å². The van der Waals surface area contributed by atoms with Gasteiger partial charge in [-0.1, -0.05) is 170 Å². The first kappa shape index (κ1) is 34.2. The Hall–Kier alpha value is -5.27. The molecule has 1 heterocycles. The molecule has 51 heavy (non-hydrogen) atoms. The van der Waals surface area contributed by atoms with Gasteiger partial charge in [0.05, 0.1) is 5.69 Å². The van der Waals surface area contributed by atoms with Crippen LogP contribution < -0.4 is 0 Å². The molecule has 0 aliphatic heterocycles. The average Bonchev–Trinajstić information content (AvgIpc) is 3.16. The molecule has 254 valence electrons. The van der Waals surface area contributed by atoms with Gasteiger partial charge < -0.3 is 0 Å². The molecule has 1 aromatic heterocycles. The first-order valence-corrected chi connectivity index (χ1v) is 18.5. The highest BCUT2D eigenvalue weighted by Crippen LogP contribution is 2.46. The summed E-state index contributed by atoms with van der Waals surface area (Å²) in [5.74, 6) is 0. The largest absolute Gasteiger partial charge is 0.253 e. The summed E-state index contributed by atoms with van der Waals surface area (Å²) in [7, 11) is 0. The van der Waals surface area contributed by atoms with E-state index < -0.39 is 0 Å². The number of hydrogen-bond acceptors (Lipinski definition) is 1. The molecular weight excluding hydrogens is 615 g/mol. The van der Waals surface area contributed by atoms with Crippen molar-refractivity contribution in [3.05, 3.63) is 151 Å². The van der Waals surface area contributed by atoms with Crippen molar-refractivity contribution in [2.24, 2.45) is 10.8 Å². The Morgan fingerprint density at radius 3 is 1.37 bits per heavy atom. The van der Waals surface area contributed by atoms with Gasteiger partial charge in [0.15, 0.2) is 0 Å². The molecular formula is C50H49N. The molecule has 0 saturated carbocycles. The lowest BCUT2D eigenvalue weighted by molar-refractivity contribution is 0.0998. The fourth-order valence-electron chi connectivity index (χ4n) is 7.31. The fourth-order valence-corrected chi connectivity index (χ4v) is 7.31. The van der Waals surface area contributed by atoms with E-state index in [9.17, 15) is 0 Å². The summed E-state index contributed by atoms with van der Waals surface area (Å²) < 4.78 is 0. The first-order chi connectivity index (χ1) is 24.6. The highest BCUT2D eigenvalue weighted by molar-refractivity contribution is 6.22. The van der Waals surface area contributed by atoms with E-state index in [1.54, 1.807) is 0 Å². The molecule has 0 saturated heterocycles. The Bertz CT molecular complexity index is 2500. The Kier molecular flexibility index (Phi) is 9.25. The third-order valence-electron chi connectivity index (χ3n) is 11.9. The third-order valence-corrected chi connectivity index (χ3v) is 11.9. The second-order valence-electron chi connectivity index (χ2n) is 15.3. The summed E-state index contributed by atoms with van der Waals surface area (Å²) in [6.45, 7) is 16.0. The number of aromatic nitrogens is 1. The van der Waals surface area contributed by atoms with Crippen LogP contribution in [0.5, 0.6) is 0 Å². The third kappa shape index (κ3) is 6.54. The predicted octanol–water partition coefficient (Wildman–Crippen LogP) is 14.9. The molecule has 0 fully saturated rings. The van der Waals surface area contributed by atoms with Gasteiger partial charge in [-0.2, -0.15) is 0 Å². The second kappa shape index (κ2) is 13.8. The lowest BCUT2D eigenvalue weighted by atomic mass is 9.65. The topological polar surface area (TPSA) is 12.9 Å². The maximum Gasteiger partial charge on any atom is 0.0705 e. The quantitative estimate of drug-likeness (QED) is 0.161. The van der Waals surface area contributed by atoms with E-state index in [0.29, 0.717) is 10.8 Å². The van der Waals surface area contributed by atoms with Crippen LogP contribution in [0.15, 0.2) is 146 Å². The van der Waals surface area contributed by atoms with E-state index in [1.165, 1.54) is 78.2 Å². The van der Waals surface area contributed by atoms with Crippen molar-refractivity contribution in [3.8, 4) is 33.5 Å². The van der Waals surface area contributed by atoms with Gasteiger partial charge in [-0.25, -0.2) is 0 Å². The molecule has 8 rings (SSSR count). The lowest BCUT2D eigenvalue weighted by Gasteiger charge is -2.40. The standard InChI is InChI=1S/C40H27N.C10H22/c1-26-9-8-16-38(41-26)31-21-22-36-37(25-31)40(33-20-18-28-11-3-5-13-30(28)24-33)35-15-7-6-14-34(35)39(36)32-19-17-27-10-2-4-12-29(27)23-32;1-7-9(3,4)10(5,6)8-2/h2-25H,1H3;7-8H2,1-6H3. The lowest BCUT2D eigenvalue weighted by Crippen LogP contribution is -2.30. The van der Waals surface area contributed by atoms with Crippen molar-refractivity contribution in [3.63, 3.8) is 0 Å². The van der Waals surface area contributed by atoms with E-state index in [2.05, 4.69) is 194 Å². The van der Waals surface area contributed by atoms with E-state index in [1.807, 2.05) is 0 Å². The molecule has 0 unspecified atom stereocenters. The molecule has 0 amide bonds. The van der Waals surface area contributed by atoms with E-state index in [-0.39, 0.29) is 0 Å². The Morgan fingerprint density at radius 1 is 0.412 bits per heavy atom. The van der Waals surface area contributed by atoms with Gasteiger partial charge in [-0.15, -0.1) is 0 Å². The van der Waals surface area contributed by atoms with Crippen LogP contribution in [0.1, 0.15) is 60.1 Å². The number of benzene rings is 7. The molecule has 0 radical (unpaired) electrons. The van der Waals surface area contributed by atoms with Gasteiger partial charge in [-0.05, 0) is 113 Å². The van der Waals surface area contributed by atoms with Gasteiger partial charge in [0.1, 0.15) is 0 Å². The number of fused-ring (bicyclic) bond motifs is 4. The molecule has 7 aromatic carbocycles. The number of hydrogen-bond donors (Lipinski definition) is 0. The van der Waals surface area contributed by atoms with Crippen LogP contribution in [-0.4, -0.2) is 4.98 Å². The maximum absolute atomic E-state index is 4.87. The molecule has 1 heteroatoms. The van der Waals surface area contributed by atoms with Crippen molar-refractivity contribution in [2.75, 3.05) is 0 Å². The summed E-state index contributed by atoms with van der Waals surface area (Å²) in [5.41, 5.74) is 9.12. The highest BCUT2D eigenvalue weighted by atomic mass is 14.7. The van der Waals surface area contributed by atoms with Gasteiger partial charge in [0.25, 0.3) is 0 Å². The fraction of sp³-hybridized carbons (Fsp3) is 0.220. The van der Waals surface area contributed by atoms with Crippen molar-refractivity contribution < 1.29 is 0 Å². The van der Waals surface area contributed by atoms with Crippen molar-refractivity contribution in [1.82, 2.24) is 4.98 Å². The molecule has 8 aromatic rings. The SMILES string of the molecule is CCC(C)(C)C(C)(C)CC.Cc1cccc(-c2ccc3c(-c4ccc5ccccc5c4)c4ccccc4c(-c4ccc5ccccc5c4)c3c2)n1. The van der Waals surface area contributed by atoms with Crippen molar-refractivity contribution in [2.45, 2.75) is 61.3 Å². The van der Waals surface area contributed by atoms with Gasteiger partial charge in [0, 0.05) is 11.3 Å². The Balaban J connectivity index is 0.000000358. The monoisotopic (exact) mass is 663 g/mol. The summed E-state index contributed by atoms with van der Waals surface area (Å²) in [5, 5.41) is 10.0. The average molecular weight is 664 g/mol. The van der Waals surface area contributed by atoms with Crippen molar-refractivity contribution in [1.29, 1.82) is 0 Å². The minimum absolute atomic E-state index is 0.488. The summed E-state index contributed by atoms with van der Waals surface area (Å²) in [6.07, 6.45) is 2.54. The first-order valence-electron chi connectivity index (χ1n) is 18.5. The molecule has 0 aliphatic carbocycles. The minimum Gasteiger partial charge on any atom is -0.253 e. The number of pyridine rings is 1. The van der Waals surface area contributed by atoms with E-state index >= 15 is 0 Å². The molecule has 0 aliphatic rings. The number of nitrogens with zero attached hydrogens (tertiary/aromatic N) is 1. The van der Waals surface area contributed by atoms with Crippen LogP contribution in [0, 0.1) is 17.8 Å². The zero-order valence-corrected chi connectivity index (χ0v) is 31.2. The Morgan fingerprint density at radius 2 is 0.863 bits per heavy atom. The molecule has 0 spiro atoms. The summed E-state index contributed by atoms with van der Waals surface area (Å²) in [6, 6.07) is 52.9. The number of rotatable bonds is 6. The normalized spacial score (nSPS) is 12.0. The maximum atomic E-state index is 4.87. The molecule has 0 atom stereocenters. The van der Waals surface area contributed by atoms with Crippen LogP contribution in [0.4, 0.5) is 0 Å². The molecule has 0 N–H and O–H groups in total. The minimum atomic E-state index is 0.488. The molecule has 0 bridgehead atoms. The highest BCUT2D eigenvalue weighted by Gasteiger charge is 2.33. The zero-order valence-electron chi connectivity index (χ0n) is 31.2. The number of aryl methyl sites for hydroxylation is 1. The summed E-state index contributed by atoms with van der Waals surface area (Å²) >= 11 is 0. The summed E-state index contributed by atoms with van der Waals surface area (Å²) in [4.78, 5) is 4.87. The van der Waals surface area contributed by atoms with Crippen LogP contribution in [0.3, 0.4) is 0 Å². The second-order valence-corrected chi connectivity index (χ2v) is 15.3. The van der Waals surface area contributed by atoms with E-state index in [0.717, 1.165) is 17.0 Å². The zero-order chi connectivity index (χ0) is 35.8. The van der Waals surface area contributed by atoms with Crippen LogP contribution in [-0.2, 0) is 0 Å². The molecule has 1 nitrogen and oxygen atoms in total. The van der Waals surface area contributed by atoms with Crippen molar-refractivity contribution >= 4 is 43.1 Å². The Labute approximate surface area is 304 Å². The smallest absolute Gasteiger partial charge is 0.0705 e. The van der Waals surface area contributed by atoms with Gasteiger partial charge in [0.2, 0.25) is 0 Å². The van der Waals surface area contributed by atoms with Crippen LogP contribution in [0.25, 0.3) is 76.6 Å². The van der Waals surface area contributed by atoms with Gasteiger partial charge in [-0.3, -0.25) is 4.98 Å².